The summed E-state index contributed by atoms with van der Waals surface area (Å²) in [5.41, 5.74) is 6.64. The Balaban J connectivity index is 1.81. The van der Waals surface area contributed by atoms with Crippen LogP contribution < -0.4 is 21.7 Å². The molecule has 0 saturated heterocycles. The SMILES string of the molecule is CC(C)(C)[C@H](NC(=O)c1nn(Cc2ccccc2)c2ccccc12)C(=O)NCCNC(N)=O. The average molecular weight is 451 g/mol. The molecule has 9 heteroatoms. The molecule has 1 heterocycles. The maximum atomic E-state index is 13.3. The van der Waals surface area contributed by atoms with Crippen LogP contribution in [0.25, 0.3) is 10.9 Å². The van der Waals surface area contributed by atoms with E-state index in [-0.39, 0.29) is 24.7 Å². The van der Waals surface area contributed by atoms with Crippen LogP contribution in [0.5, 0.6) is 0 Å². The van der Waals surface area contributed by atoms with Crippen LogP contribution in [0.4, 0.5) is 4.79 Å². The normalized spacial score (nSPS) is 12.2. The lowest BCUT2D eigenvalue weighted by Gasteiger charge is -2.30. The van der Waals surface area contributed by atoms with Crippen LogP contribution >= 0.6 is 0 Å². The van der Waals surface area contributed by atoms with Crippen molar-refractivity contribution in [2.75, 3.05) is 13.1 Å². The third kappa shape index (κ3) is 6.09. The number of primary amides is 1. The highest BCUT2D eigenvalue weighted by Crippen LogP contribution is 2.23. The number of hydrogen-bond donors (Lipinski definition) is 4. The standard InChI is InChI=1S/C24H30N6O3/c1-24(2,3)20(22(32)26-13-14-27-23(25)33)28-21(31)19-17-11-7-8-12-18(17)30(29-19)15-16-9-5-4-6-10-16/h4-12,20H,13-15H2,1-3H3,(H,26,32)(H,28,31)(H3,25,27,33)/t20-/m1/s1. The molecule has 0 radical (unpaired) electrons. The van der Waals surface area contributed by atoms with Crippen molar-refractivity contribution in [1.29, 1.82) is 0 Å². The Morgan fingerprint density at radius 3 is 2.27 bits per heavy atom. The number of carbonyl (C=O) groups is 3. The fourth-order valence-corrected chi connectivity index (χ4v) is 3.52. The highest BCUT2D eigenvalue weighted by molar-refractivity contribution is 6.06. The molecule has 0 spiro atoms. The van der Waals surface area contributed by atoms with E-state index in [4.69, 9.17) is 5.73 Å². The van der Waals surface area contributed by atoms with Crippen molar-refractivity contribution in [1.82, 2.24) is 25.7 Å². The van der Waals surface area contributed by atoms with Crippen LogP contribution in [0, 0.1) is 5.41 Å². The quantitative estimate of drug-likeness (QED) is 0.391. The van der Waals surface area contributed by atoms with E-state index in [2.05, 4.69) is 21.0 Å². The molecule has 9 nitrogen and oxygen atoms in total. The zero-order valence-electron chi connectivity index (χ0n) is 19.1. The first-order chi connectivity index (χ1) is 15.7. The summed E-state index contributed by atoms with van der Waals surface area (Å²) in [4.78, 5) is 36.9. The summed E-state index contributed by atoms with van der Waals surface area (Å²) in [6.07, 6.45) is 0. The molecule has 0 aliphatic carbocycles. The summed E-state index contributed by atoms with van der Waals surface area (Å²) >= 11 is 0. The second-order valence-corrected chi connectivity index (χ2v) is 8.86. The van der Waals surface area contributed by atoms with Crippen molar-refractivity contribution in [3.63, 3.8) is 0 Å². The average Bonchev–Trinajstić information content (AvgIpc) is 3.13. The maximum absolute atomic E-state index is 13.3. The van der Waals surface area contributed by atoms with E-state index in [0.29, 0.717) is 11.9 Å². The van der Waals surface area contributed by atoms with Gasteiger partial charge in [0.25, 0.3) is 5.91 Å². The summed E-state index contributed by atoms with van der Waals surface area (Å²) in [6, 6.07) is 15.9. The van der Waals surface area contributed by atoms with E-state index in [1.807, 2.05) is 75.4 Å². The number of aromatic nitrogens is 2. The second-order valence-electron chi connectivity index (χ2n) is 8.86. The predicted octanol–water partition coefficient (Wildman–Crippen LogP) is 2.01. The van der Waals surface area contributed by atoms with E-state index in [1.54, 1.807) is 4.68 Å². The van der Waals surface area contributed by atoms with Gasteiger partial charge in [0, 0.05) is 18.5 Å². The second kappa shape index (κ2) is 10.2. The third-order valence-corrected chi connectivity index (χ3v) is 5.18. The van der Waals surface area contributed by atoms with Crippen molar-refractivity contribution in [3.05, 3.63) is 65.9 Å². The van der Waals surface area contributed by atoms with Crippen molar-refractivity contribution in [2.24, 2.45) is 11.1 Å². The molecule has 1 atom stereocenters. The minimum Gasteiger partial charge on any atom is -0.353 e. The molecule has 0 unspecified atom stereocenters. The lowest BCUT2D eigenvalue weighted by atomic mass is 9.86. The molecule has 3 rings (SSSR count). The highest BCUT2D eigenvalue weighted by Gasteiger charge is 2.33. The Morgan fingerprint density at radius 1 is 0.970 bits per heavy atom. The van der Waals surface area contributed by atoms with Gasteiger partial charge in [0.1, 0.15) is 6.04 Å². The van der Waals surface area contributed by atoms with E-state index in [0.717, 1.165) is 11.1 Å². The van der Waals surface area contributed by atoms with Gasteiger partial charge in [-0.25, -0.2) is 4.79 Å². The number of benzene rings is 2. The number of fused-ring (bicyclic) bond motifs is 1. The zero-order valence-corrected chi connectivity index (χ0v) is 19.1. The first-order valence-electron chi connectivity index (χ1n) is 10.8. The summed E-state index contributed by atoms with van der Waals surface area (Å²) < 4.78 is 1.79. The van der Waals surface area contributed by atoms with Crippen molar-refractivity contribution < 1.29 is 14.4 Å². The molecule has 2 aromatic carbocycles. The van der Waals surface area contributed by atoms with Gasteiger partial charge in [-0.15, -0.1) is 0 Å². The number of hydrogen-bond acceptors (Lipinski definition) is 4. The van der Waals surface area contributed by atoms with Gasteiger partial charge in [-0.1, -0.05) is 69.3 Å². The van der Waals surface area contributed by atoms with Crippen LogP contribution in [-0.4, -0.2) is 46.8 Å². The predicted molar refractivity (Wildman–Crippen MR) is 127 cm³/mol. The lowest BCUT2D eigenvalue weighted by Crippen LogP contribution is -2.54. The van der Waals surface area contributed by atoms with E-state index in [9.17, 15) is 14.4 Å². The van der Waals surface area contributed by atoms with Gasteiger partial charge in [0.05, 0.1) is 12.1 Å². The molecule has 33 heavy (non-hydrogen) atoms. The van der Waals surface area contributed by atoms with Gasteiger partial charge in [-0.05, 0) is 17.0 Å². The number of urea groups is 1. The first kappa shape index (κ1) is 23.8. The number of nitrogens with two attached hydrogens (primary N) is 1. The molecule has 0 fully saturated rings. The van der Waals surface area contributed by atoms with Gasteiger partial charge in [0.15, 0.2) is 5.69 Å². The Kier molecular flexibility index (Phi) is 7.32. The Bertz CT molecular complexity index is 1130. The van der Waals surface area contributed by atoms with Crippen molar-refractivity contribution in [2.45, 2.75) is 33.4 Å². The molecular weight excluding hydrogens is 420 g/mol. The van der Waals surface area contributed by atoms with Crippen molar-refractivity contribution in [3.8, 4) is 0 Å². The summed E-state index contributed by atoms with van der Waals surface area (Å²) in [5.74, 6) is -0.779. The Hall–Kier alpha value is -3.88. The van der Waals surface area contributed by atoms with E-state index >= 15 is 0 Å². The molecule has 5 N–H and O–H groups in total. The molecule has 4 amide bonds. The van der Waals surface area contributed by atoms with Gasteiger partial charge >= 0.3 is 6.03 Å². The molecule has 0 aliphatic rings. The van der Waals surface area contributed by atoms with Crippen molar-refractivity contribution >= 4 is 28.7 Å². The van der Waals surface area contributed by atoms with Crippen LogP contribution in [0.1, 0.15) is 36.8 Å². The van der Waals surface area contributed by atoms with Gasteiger partial charge in [-0.2, -0.15) is 5.10 Å². The number of carbonyl (C=O) groups excluding carboxylic acids is 3. The van der Waals surface area contributed by atoms with E-state index < -0.39 is 23.4 Å². The summed E-state index contributed by atoms with van der Waals surface area (Å²) in [6.45, 7) is 6.51. The maximum Gasteiger partial charge on any atom is 0.312 e. The van der Waals surface area contributed by atoms with Gasteiger partial charge in [0.2, 0.25) is 5.91 Å². The molecule has 3 aromatic rings. The molecule has 174 valence electrons. The fourth-order valence-electron chi connectivity index (χ4n) is 3.52. The van der Waals surface area contributed by atoms with Crippen LogP contribution in [0.15, 0.2) is 54.6 Å². The zero-order chi connectivity index (χ0) is 24.0. The molecule has 0 saturated carbocycles. The summed E-state index contributed by atoms with van der Waals surface area (Å²) in [7, 11) is 0. The van der Waals surface area contributed by atoms with E-state index in [1.165, 1.54) is 0 Å². The first-order valence-corrected chi connectivity index (χ1v) is 10.8. The largest absolute Gasteiger partial charge is 0.353 e. The number of nitrogens with one attached hydrogen (secondary N) is 3. The number of nitrogens with zero attached hydrogens (tertiary/aromatic N) is 2. The Labute approximate surface area is 192 Å². The molecular formula is C24H30N6O3. The summed E-state index contributed by atoms with van der Waals surface area (Å²) in [5, 5.41) is 13.3. The highest BCUT2D eigenvalue weighted by atomic mass is 16.2. The molecule has 0 bridgehead atoms. The van der Waals surface area contributed by atoms with Gasteiger partial charge in [-0.3, -0.25) is 14.3 Å². The molecule has 1 aromatic heterocycles. The topological polar surface area (TPSA) is 131 Å². The minimum atomic E-state index is -0.809. The monoisotopic (exact) mass is 450 g/mol. The smallest absolute Gasteiger partial charge is 0.312 e. The Morgan fingerprint density at radius 2 is 1.61 bits per heavy atom. The lowest BCUT2D eigenvalue weighted by molar-refractivity contribution is -0.125. The third-order valence-electron chi connectivity index (χ3n) is 5.18. The van der Waals surface area contributed by atoms with Crippen LogP contribution in [0.3, 0.4) is 0 Å². The van der Waals surface area contributed by atoms with Gasteiger partial charge < -0.3 is 21.7 Å². The molecule has 0 aliphatic heterocycles. The number of rotatable bonds is 8. The van der Waals surface area contributed by atoms with Crippen LogP contribution in [-0.2, 0) is 11.3 Å². The number of amides is 4. The van der Waals surface area contributed by atoms with Crippen LogP contribution in [0.2, 0.25) is 0 Å². The fraction of sp³-hybridized carbons (Fsp3) is 0.333. The number of para-hydroxylation sites is 1. The minimum absolute atomic E-state index is 0.193.